The van der Waals surface area contributed by atoms with Crippen LogP contribution in [-0.2, 0) is 0 Å². The van der Waals surface area contributed by atoms with Crippen LogP contribution in [0.1, 0.15) is 0 Å². The molecule has 0 radical (unpaired) electrons. The lowest BCUT2D eigenvalue weighted by atomic mass is 9.92. The molecular weight excluding hydrogens is 727 g/mol. The summed E-state index contributed by atoms with van der Waals surface area (Å²) in [6.45, 7) is -0.528. The zero-order valence-electron chi connectivity index (χ0n) is 31.0. The number of terminal acetylenes is 6. The maximum atomic E-state index is 6.10. The molecule has 0 amide bonds. The maximum Gasteiger partial charge on any atom is 0.171 e. The van der Waals surface area contributed by atoms with E-state index in [-0.39, 0.29) is 80.1 Å². The topological polar surface area (TPSA) is 94.1 Å². The number of ether oxygens (including phenoxy) is 6. The Hall–Kier alpha value is -8.47. The van der Waals surface area contributed by atoms with Gasteiger partial charge in [-0.2, -0.15) is 0 Å². The first-order valence-electron chi connectivity index (χ1n) is 17.7. The van der Waals surface area contributed by atoms with Crippen molar-refractivity contribution in [2.75, 3.05) is 39.6 Å². The zero-order chi connectivity index (χ0) is 40.4. The van der Waals surface area contributed by atoms with Gasteiger partial charge >= 0.3 is 0 Å². The van der Waals surface area contributed by atoms with Crippen molar-refractivity contribution < 1.29 is 28.4 Å². The lowest BCUT2D eigenvalue weighted by Crippen LogP contribution is -2.08. The number of hydrogen-bond donors (Lipinski definition) is 0. The van der Waals surface area contributed by atoms with Gasteiger partial charge in [-0.1, -0.05) is 84.1 Å². The van der Waals surface area contributed by atoms with Crippen LogP contribution in [0.2, 0.25) is 0 Å². The molecule has 7 aromatic rings. The minimum absolute atomic E-state index is 0.0286. The molecule has 0 atom stereocenters. The van der Waals surface area contributed by atoms with Gasteiger partial charge in [-0.05, 0) is 38.4 Å². The number of rotatable bonds is 15. The highest BCUT2D eigenvalue weighted by atomic mass is 16.5. The quantitative estimate of drug-likeness (QED) is 0.0766. The van der Waals surface area contributed by atoms with E-state index in [4.69, 9.17) is 81.9 Å². The van der Waals surface area contributed by atoms with E-state index in [0.717, 1.165) is 32.3 Å². The molecule has 0 saturated heterocycles. The van der Waals surface area contributed by atoms with E-state index in [9.17, 15) is 0 Å². The van der Waals surface area contributed by atoms with Crippen molar-refractivity contribution in [1.82, 2.24) is 15.0 Å². The van der Waals surface area contributed by atoms with Crippen molar-refractivity contribution in [1.29, 1.82) is 0 Å². The molecule has 0 fully saturated rings. The number of hydrogen-bond acceptors (Lipinski definition) is 9. The van der Waals surface area contributed by atoms with E-state index in [0.29, 0.717) is 28.2 Å². The minimum Gasteiger partial charge on any atom is -0.481 e. The van der Waals surface area contributed by atoms with Crippen LogP contribution in [-0.4, -0.2) is 54.6 Å². The average molecular weight is 758 g/mol. The van der Waals surface area contributed by atoms with E-state index in [2.05, 4.69) is 71.9 Å². The summed E-state index contributed by atoms with van der Waals surface area (Å²) in [5.41, 5.74) is 1.30. The van der Waals surface area contributed by atoms with Crippen molar-refractivity contribution in [2.24, 2.45) is 0 Å². The second-order valence-electron chi connectivity index (χ2n) is 12.3. The Bertz CT molecular complexity index is 2730. The van der Waals surface area contributed by atoms with Crippen molar-refractivity contribution >= 4 is 32.3 Å². The number of benzene rings is 6. The van der Waals surface area contributed by atoms with Gasteiger partial charge in [0.25, 0.3) is 0 Å². The van der Waals surface area contributed by atoms with Gasteiger partial charge in [0.1, 0.15) is 85.3 Å². The van der Waals surface area contributed by atoms with Gasteiger partial charge in [0.2, 0.25) is 0 Å². The molecule has 58 heavy (non-hydrogen) atoms. The van der Waals surface area contributed by atoms with Gasteiger partial charge in [-0.3, -0.25) is 0 Å². The van der Waals surface area contributed by atoms with Crippen LogP contribution in [0, 0.1) is 74.1 Å². The second-order valence-corrected chi connectivity index (χ2v) is 12.3. The van der Waals surface area contributed by atoms with Crippen LogP contribution >= 0.6 is 0 Å². The Morgan fingerprint density at radius 3 is 1.19 bits per heavy atom. The lowest BCUT2D eigenvalue weighted by Gasteiger charge is -2.19. The van der Waals surface area contributed by atoms with E-state index in [1.807, 2.05) is 18.2 Å². The van der Waals surface area contributed by atoms with Gasteiger partial charge in [0.05, 0.1) is 0 Å². The summed E-state index contributed by atoms with van der Waals surface area (Å²) >= 11 is 0. The fourth-order valence-electron chi connectivity index (χ4n) is 6.57. The zero-order valence-corrected chi connectivity index (χ0v) is 31.0. The molecule has 9 heteroatoms. The first-order chi connectivity index (χ1) is 28.5. The van der Waals surface area contributed by atoms with Crippen molar-refractivity contribution in [3.05, 3.63) is 78.9 Å². The van der Waals surface area contributed by atoms with E-state index < -0.39 is 0 Å². The van der Waals surface area contributed by atoms with Crippen LogP contribution in [0.4, 0.5) is 0 Å². The molecule has 9 nitrogen and oxygen atoms in total. The highest BCUT2D eigenvalue weighted by Crippen LogP contribution is 2.46. The Labute approximate surface area is 336 Å². The largest absolute Gasteiger partial charge is 0.481 e. The summed E-state index contributed by atoms with van der Waals surface area (Å²) in [4.78, 5) is 15.2. The summed E-state index contributed by atoms with van der Waals surface area (Å²) in [7, 11) is 0. The van der Waals surface area contributed by atoms with Crippen LogP contribution in [0.3, 0.4) is 0 Å². The normalized spacial score (nSPS) is 10.4. The summed E-state index contributed by atoms with van der Waals surface area (Å²) in [6.07, 6.45) is 33.7. The van der Waals surface area contributed by atoms with Gasteiger partial charge in [0, 0.05) is 29.8 Å². The molecule has 0 aliphatic carbocycles. The van der Waals surface area contributed by atoms with Crippen LogP contribution in [0.15, 0.2) is 78.9 Å². The van der Waals surface area contributed by atoms with E-state index in [1.165, 1.54) is 0 Å². The molecule has 0 N–H and O–H groups in total. The first-order valence-corrected chi connectivity index (χ1v) is 17.7. The third kappa shape index (κ3) is 7.58. The van der Waals surface area contributed by atoms with Crippen LogP contribution in [0.25, 0.3) is 66.5 Å². The van der Waals surface area contributed by atoms with E-state index >= 15 is 0 Å². The summed E-state index contributed by atoms with van der Waals surface area (Å²) in [5, 5.41) is 6.31. The number of nitrogens with zero attached hydrogens (tertiary/aromatic N) is 3. The predicted octanol–water partition coefficient (Wildman–Crippen LogP) is 7.84. The molecule has 6 aromatic carbocycles. The Kier molecular flexibility index (Phi) is 11.3. The Morgan fingerprint density at radius 2 is 0.759 bits per heavy atom. The highest BCUT2D eigenvalue weighted by Gasteiger charge is 2.26. The standard InChI is InChI=1S/C49H31N3O6/c1-7-22-53-35-28-39(55-24-9-3)45(40(29-35)56-25-10-4)48-50-47(38-21-19-34-17-16-32-14-13-15-33-18-20-37(38)44(34)43(32)33)51-49(52-48)46-41(57-26-11-5)30-36(54-23-8-2)31-42(46)58-27-12-6/h1-6,13-21,28-31H,22-27H2. The third-order valence-corrected chi connectivity index (χ3v) is 8.82. The smallest absolute Gasteiger partial charge is 0.171 e. The molecule has 0 aliphatic heterocycles. The second kappa shape index (κ2) is 17.3. The first kappa shape index (κ1) is 37.8. The molecule has 0 unspecified atom stereocenters. The minimum atomic E-state index is -0.118. The van der Waals surface area contributed by atoms with E-state index in [1.54, 1.807) is 24.3 Å². The Morgan fingerprint density at radius 1 is 0.397 bits per heavy atom. The maximum absolute atomic E-state index is 6.10. The molecule has 1 aromatic heterocycles. The van der Waals surface area contributed by atoms with Gasteiger partial charge in [-0.15, -0.1) is 38.5 Å². The van der Waals surface area contributed by atoms with Crippen molar-refractivity contribution in [3.63, 3.8) is 0 Å². The molecule has 0 aliphatic rings. The molecule has 278 valence electrons. The molecular formula is C49H31N3O6. The molecule has 1 heterocycles. The van der Waals surface area contributed by atoms with Gasteiger partial charge in [0.15, 0.2) is 17.5 Å². The average Bonchev–Trinajstić information content (AvgIpc) is 3.25. The summed E-state index contributed by atoms with van der Waals surface area (Å²) in [5.74, 6) is 17.0. The highest BCUT2D eigenvalue weighted by molar-refractivity contribution is 6.25. The molecule has 0 spiro atoms. The van der Waals surface area contributed by atoms with Crippen molar-refractivity contribution in [2.45, 2.75) is 0 Å². The van der Waals surface area contributed by atoms with Crippen LogP contribution < -0.4 is 28.4 Å². The number of aromatic nitrogens is 3. The van der Waals surface area contributed by atoms with Crippen molar-refractivity contribution in [3.8, 4) is 143 Å². The van der Waals surface area contributed by atoms with Gasteiger partial charge in [-0.25, -0.2) is 15.0 Å². The monoisotopic (exact) mass is 757 g/mol. The fraction of sp³-hybridized carbons (Fsp3) is 0.122. The van der Waals surface area contributed by atoms with Crippen LogP contribution in [0.5, 0.6) is 34.5 Å². The molecule has 0 bridgehead atoms. The summed E-state index contributed by atoms with van der Waals surface area (Å²) in [6, 6.07) is 25.0. The lowest BCUT2D eigenvalue weighted by molar-refractivity contribution is 0.336. The van der Waals surface area contributed by atoms with Gasteiger partial charge < -0.3 is 28.4 Å². The predicted molar refractivity (Wildman–Crippen MR) is 226 cm³/mol. The molecule has 7 rings (SSSR count). The third-order valence-electron chi connectivity index (χ3n) is 8.82. The Balaban J connectivity index is 1.58. The summed E-state index contributed by atoms with van der Waals surface area (Å²) < 4.78 is 36.0. The molecule has 0 saturated carbocycles. The SMILES string of the molecule is C#CCOc1cc(OCC#C)c(-c2nc(-c3c(OCC#C)cc(OCC#C)cc3OCC#C)nc(-c3ccc4ccc5cccc6ccc3c4c56)n2)c(OCC#C)c1. The fourth-order valence-corrected chi connectivity index (χ4v) is 6.57.